The van der Waals surface area contributed by atoms with Crippen LogP contribution in [0.5, 0.6) is 0 Å². The van der Waals surface area contributed by atoms with Gasteiger partial charge in [-0.3, -0.25) is 0 Å². The van der Waals surface area contributed by atoms with Crippen molar-refractivity contribution in [2.24, 2.45) is 21.9 Å². The van der Waals surface area contributed by atoms with E-state index in [-0.39, 0.29) is 6.17 Å². The normalized spacial score (nSPS) is 32.1. The van der Waals surface area contributed by atoms with E-state index in [9.17, 15) is 0 Å². The van der Waals surface area contributed by atoms with E-state index in [1.807, 2.05) is 6.08 Å². The number of nitrogens with zero attached hydrogens (tertiary/aromatic N) is 2. The Hall–Kier alpha value is -0.700. The number of azo groups is 1. The number of allylic oxidation sites excluding steroid dienone is 1. The van der Waals surface area contributed by atoms with E-state index in [0.717, 1.165) is 5.70 Å². The second-order valence-corrected chi connectivity index (χ2v) is 2.93. The third-order valence-electron chi connectivity index (χ3n) is 2.17. The molecule has 0 radical (unpaired) electrons. The molecule has 2 N–H and O–H groups in total. The zero-order chi connectivity index (χ0) is 6.97. The van der Waals surface area contributed by atoms with Crippen LogP contribution in [0, 0.1) is 5.92 Å². The predicted octanol–water partition coefficient (Wildman–Crippen LogP) is 1.42. The van der Waals surface area contributed by atoms with Crippen LogP contribution in [0.25, 0.3) is 0 Å². The molecule has 1 heterocycles. The molecule has 1 aliphatic carbocycles. The van der Waals surface area contributed by atoms with E-state index in [2.05, 4.69) is 10.2 Å². The monoisotopic (exact) mass is 137 g/mol. The van der Waals surface area contributed by atoms with Gasteiger partial charge in [-0.05, 0) is 18.9 Å². The van der Waals surface area contributed by atoms with Gasteiger partial charge in [-0.25, -0.2) is 0 Å². The molecule has 2 rings (SSSR count). The fourth-order valence-corrected chi connectivity index (χ4v) is 1.30. The van der Waals surface area contributed by atoms with Gasteiger partial charge in [0.25, 0.3) is 0 Å². The summed E-state index contributed by atoms with van der Waals surface area (Å²) >= 11 is 0. The first-order valence-electron chi connectivity index (χ1n) is 3.74. The van der Waals surface area contributed by atoms with Gasteiger partial charge in [-0.15, -0.1) is 0 Å². The lowest BCUT2D eigenvalue weighted by Crippen LogP contribution is -2.14. The average Bonchev–Trinajstić information content (AvgIpc) is 2.10. The molecular weight excluding hydrogens is 126 g/mol. The first kappa shape index (κ1) is 6.04. The summed E-state index contributed by atoms with van der Waals surface area (Å²) in [6.45, 7) is 0. The molecule has 0 amide bonds. The largest absolute Gasteiger partial charge is 0.305 e. The Balaban J connectivity index is 2.05. The molecule has 1 atom stereocenters. The summed E-state index contributed by atoms with van der Waals surface area (Å²) in [5.41, 5.74) is 6.63. The lowest BCUT2D eigenvalue weighted by Gasteiger charge is -2.23. The van der Waals surface area contributed by atoms with Crippen LogP contribution in [0.2, 0.25) is 0 Å². The van der Waals surface area contributed by atoms with Crippen molar-refractivity contribution in [3.05, 3.63) is 11.8 Å². The van der Waals surface area contributed by atoms with Crippen molar-refractivity contribution in [2.75, 3.05) is 0 Å². The minimum Gasteiger partial charge on any atom is -0.305 e. The number of rotatable bonds is 1. The summed E-state index contributed by atoms with van der Waals surface area (Å²) in [6, 6.07) is 0. The summed E-state index contributed by atoms with van der Waals surface area (Å²) in [6.07, 6.45) is 5.70. The van der Waals surface area contributed by atoms with Gasteiger partial charge in [0.1, 0.15) is 6.17 Å². The van der Waals surface area contributed by atoms with E-state index in [4.69, 9.17) is 5.73 Å². The highest BCUT2D eigenvalue weighted by Gasteiger charge is 2.24. The Morgan fingerprint density at radius 3 is 2.70 bits per heavy atom. The van der Waals surface area contributed by atoms with Crippen molar-refractivity contribution < 1.29 is 0 Å². The molecule has 54 valence electrons. The van der Waals surface area contributed by atoms with Crippen molar-refractivity contribution in [3.63, 3.8) is 0 Å². The van der Waals surface area contributed by atoms with Crippen LogP contribution in [-0.4, -0.2) is 6.17 Å². The van der Waals surface area contributed by atoms with Crippen LogP contribution in [0.4, 0.5) is 0 Å². The maximum atomic E-state index is 5.50. The SMILES string of the molecule is N[C@@H]1C=C(C2CCC2)N=N1. The molecule has 3 nitrogen and oxygen atoms in total. The maximum absolute atomic E-state index is 5.50. The lowest BCUT2D eigenvalue weighted by molar-refractivity contribution is 0.365. The van der Waals surface area contributed by atoms with Crippen LogP contribution in [-0.2, 0) is 0 Å². The van der Waals surface area contributed by atoms with Gasteiger partial charge in [0.05, 0.1) is 5.70 Å². The van der Waals surface area contributed by atoms with Crippen molar-refractivity contribution in [1.82, 2.24) is 0 Å². The molecule has 0 unspecified atom stereocenters. The van der Waals surface area contributed by atoms with Crippen LogP contribution in [0.1, 0.15) is 19.3 Å². The molecule has 0 spiro atoms. The quantitative estimate of drug-likeness (QED) is 0.583. The zero-order valence-electron chi connectivity index (χ0n) is 5.83. The van der Waals surface area contributed by atoms with Crippen molar-refractivity contribution in [2.45, 2.75) is 25.4 Å². The maximum Gasteiger partial charge on any atom is 0.139 e. The molecule has 2 aliphatic rings. The third-order valence-corrected chi connectivity index (χ3v) is 2.17. The molecule has 0 aromatic rings. The fraction of sp³-hybridized carbons (Fsp3) is 0.714. The fourth-order valence-electron chi connectivity index (χ4n) is 1.30. The second kappa shape index (κ2) is 2.16. The molecule has 10 heavy (non-hydrogen) atoms. The van der Waals surface area contributed by atoms with Gasteiger partial charge in [-0.1, -0.05) is 6.42 Å². The molecule has 0 saturated heterocycles. The Labute approximate surface area is 60.0 Å². The van der Waals surface area contributed by atoms with Crippen LogP contribution in [0.15, 0.2) is 22.0 Å². The van der Waals surface area contributed by atoms with Gasteiger partial charge in [0.15, 0.2) is 0 Å². The van der Waals surface area contributed by atoms with E-state index in [1.165, 1.54) is 19.3 Å². The van der Waals surface area contributed by atoms with E-state index in [0.29, 0.717) is 5.92 Å². The molecular formula is C7H11N3. The summed E-state index contributed by atoms with van der Waals surface area (Å²) in [5, 5.41) is 7.83. The van der Waals surface area contributed by atoms with Crippen LogP contribution in [0.3, 0.4) is 0 Å². The third kappa shape index (κ3) is 0.865. The van der Waals surface area contributed by atoms with E-state index < -0.39 is 0 Å². The number of nitrogens with two attached hydrogens (primary N) is 1. The summed E-state index contributed by atoms with van der Waals surface area (Å²) in [7, 11) is 0. The summed E-state index contributed by atoms with van der Waals surface area (Å²) < 4.78 is 0. The highest BCUT2D eigenvalue weighted by atomic mass is 15.2. The molecule has 0 aromatic carbocycles. The Morgan fingerprint density at radius 1 is 1.50 bits per heavy atom. The minimum atomic E-state index is -0.157. The Morgan fingerprint density at radius 2 is 2.30 bits per heavy atom. The van der Waals surface area contributed by atoms with Gasteiger partial charge in [-0.2, -0.15) is 10.2 Å². The molecule has 0 bridgehead atoms. The van der Waals surface area contributed by atoms with Gasteiger partial charge < -0.3 is 5.73 Å². The van der Waals surface area contributed by atoms with Crippen molar-refractivity contribution >= 4 is 0 Å². The van der Waals surface area contributed by atoms with E-state index in [1.54, 1.807) is 0 Å². The lowest BCUT2D eigenvalue weighted by atomic mass is 9.83. The standard InChI is InChI=1S/C7H11N3/c8-7-4-6(9-10-7)5-2-1-3-5/h4-5,7H,1-3,8H2/t7-/m0/s1. The average molecular weight is 137 g/mol. The van der Waals surface area contributed by atoms with Gasteiger partial charge >= 0.3 is 0 Å². The predicted molar refractivity (Wildman–Crippen MR) is 38.3 cm³/mol. The summed E-state index contributed by atoms with van der Waals surface area (Å²) in [4.78, 5) is 0. The minimum absolute atomic E-state index is 0.157. The zero-order valence-corrected chi connectivity index (χ0v) is 5.83. The smallest absolute Gasteiger partial charge is 0.139 e. The highest BCUT2D eigenvalue weighted by molar-refractivity contribution is 5.13. The van der Waals surface area contributed by atoms with Gasteiger partial charge in [0, 0.05) is 5.92 Å². The summed E-state index contributed by atoms with van der Waals surface area (Å²) in [5.74, 6) is 0.678. The Kier molecular flexibility index (Phi) is 1.31. The molecule has 1 aliphatic heterocycles. The molecule has 0 aromatic heterocycles. The number of hydrogen-bond acceptors (Lipinski definition) is 3. The molecule has 3 heteroatoms. The molecule has 1 saturated carbocycles. The van der Waals surface area contributed by atoms with Crippen molar-refractivity contribution in [1.29, 1.82) is 0 Å². The van der Waals surface area contributed by atoms with Gasteiger partial charge in [0.2, 0.25) is 0 Å². The van der Waals surface area contributed by atoms with Crippen LogP contribution >= 0.6 is 0 Å². The number of hydrogen-bond donors (Lipinski definition) is 1. The molecule has 1 fully saturated rings. The highest BCUT2D eigenvalue weighted by Crippen LogP contribution is 2.35. The van der Waals surface area contributed by atoms with Crippen LogP contribution < -0.4 is 5.73 Å². The first-order chi connectivity index (χ1) is 4.86. The van der Waals surface area contributed by atoms with E-state index >= 15 is 0 Å². The topological polar surface area (TPSA) is 50.7 Å². The second-order valence-electron chi connectivity index (χ2n) is 2.93. The first-order valence-corrected chi connectivity index (χ1v) is 3.74. The Bertz CT molecular complexity index is 191. The van der Waals surface area contributed by atoms with Crippen molar-refractivity contribution in [3.8, 4) is 0 Å².